The monoisotopic (exact) mass is 227 g/mol. The van der Waals surface area contributed by atoms with Gasteiger partial charge in [-0.25, -0.2) is 4.39 Å². The van der Waals surface area contributed by atoms with Crippen molar-refractivity contribution in [2.45, 2.75) is 12.8 Å². The molecule has 90 valence electrons. The van der Waals surface area contributed by atoms with E-state index in [0.29, 0.717) is 18.7 Å². The Bertz CT molecular complexity index is 316. The molecule has 0 atom stereocenters. The number of rotatable bonds is 6. The van der Waals surface area contributed by atoms with Gasteiger partial charge < -0.3 is 9.47 Å². The lowest BCUT2D eigenvalue weighted by Gasteiger charge is -2.22. The average Bonchev–Trinajstić information content (AvgIpc) is 2.29. The van der Waals surface area contributed by atoms with Gasteiger partial charge in [0.05, 0.1) is 0 Å². The van der Waals surface area contributed by atoms with Crippen LogP contribution in [0.15, 0.2) is 24.3 Å². The van der Waals surface area contributed by atoms with Gasteiger partial charge in [0.25, 0.3) is 0 Å². The highest BCUT2D eigenvalue weighted by atomic mass is 19.1. The third-order valence-corrected chi connectivity index (χ3v) is 2.38. The molecule has 0 aromatic heterocycles. The lowest BCUT2D eigenvalue weighted by molar-refractivity contribution is -0.114. The van der Waals surface area contributed by atoms with E-state index in [1.807, 2.05) is 18.0 Å². The van der Waals surface area contributed by atoms with Crippen LogP contribution in [0.2, 0.25) is 0 Å². The van der Waals surface area contributed by atoms with Crippen LogP contribution in [0.4, 0.5) is 4.39 Å². The summed E-state index contributed by atoms with van der Waals surface area (Å²) in [6.07, 6.45) is -0.281. The van der Waals surface area contributed by atoms with Gasteiger partial charge >= 0.3 is 0 Å². The molecule has 1 rings (SSSR count). The Kier molecular flexibility index (Phi) is 5.38. The minimum absolute atomic E-state index is 0.180. The maximum absolute atomic E-state index is 13.4. The summed E-state index contributed by atoms with van der Waals surface area (Å²) in [6, 6.07) is 6.76. The SMILES string of the molecule is COC(CN(C)Cc1ccccc1F)OC. The van der Waals surface area contributed by atoms with Gasteiger partial charge in [-0.3, -0.25) is 4.90 Å². The van der Waals surface area contributed by atoms with Gasteiger partial charge in [-0.05, 0) is 13.1 Å². The zero-order valence-electron chi connectivity index (χ0n) is 9.94. The van der Waals surface area contributed by atoms with E-state index in [2.05, 4.69) is 0 Å². The third-order valence-electron chi connectivity index (χ3n) is 2.38. The molecule has 16 heavy (non-hydrogen) atoms. The van der Waals surface area contributed by atoms with E-state index in [4.69, 9.17) is 9.47 Å². The van der Waals surface area contributed by atoms with E-state index in [0.717, 1.165) is 0 Å². The Morgan fingerprint density at radius 3 is 2.44 bits per heavy atom. The van der Waals surface area contributed by atoms with E-state index in [9.17, 15) is 4.39 Å². The van der Waals surface area contributed by atoms with Crippen molar-refractivity contribution in [3.63, 3.8) is 0 Å². The zero-order valence-corrected chi connectivity index (χ0v) is 9.94. The standard InChI is InChI=1S/C12H18FNO2/c1-14(9-12(15-2)16-3)8-10-6-4-5-7-11(10)13/h4-7,12H,8-9H2,1-3H3. The van der Waals surface area contributed by atoms with Crippen LogP contribution < -0.4 is 0 Å². The topological polar surface area (TPSA) is 21.7 Å². The molecule has 0 amide bonds. The third kappa shape index (κ3) is 3.89. The van der Waals surface area contributed by atoms with Crippen LogP contribution in [0.3, 0.4) is 0 Å². The highest BCUT2D eigenvalue weighted by Gasteiger charge is 2.11. The molecule has 0 fully saturated rings. The van der Waals surface area contributed by atoms with Crippen molar-refractivity contribution in [1.82, 2.24) is 4.90 Å². The van der Waals surface area contributed by atoms with Crippen molar-refractivity contribution in [3.8, 4) is 0 Å². The number of benzene rings is 1. The Morgan fingerprint density at radius 2 is 1.88 bits per heavy atom. The van der Waals surface area contributed by atoms with Crippen LogP contribution in [-0.2, 0) is 16.0 Å². The Morgan fingerprint density at radius 1 is 1.25 bits per heavy atom. The average molecular weight is 227 g/mol. The fourth-order valence-corrected chi connectivity index (χ4v) is 1.48. The van der Waals surface area contributed by atoms with E-state index >= 15 is 0 Å². The molecule has 0 saturated heterocycles. The predicted molar refractivity (Wildman–Crippen MR) is 60.5 cm³/mol. The fraction of sp³-hybridized carbons (Fsp3) is 0.500. The molecular formula is C12H18FNO2. The minimum atomic E-state index is -0.281. The molecule has 0 saturated carbocycles. The van der Waals surface area contributed by atoms with Crippen LogP contribution in [0, 0.1) is 5.82 Å². The quantitative estimate of drug-likeness (QED) is 0.693. The summed E-state index contributed by atoms with van der Waals surface area (Å²) in [5.74, 6) is -0.180. The Hall–Kier alpha value is -0.970. The Balaban J connectivity index is 2.51. The number of hydrogen-bond donors (Lipinski definition) is 0. The van der Waals surface area contributed by atoms with Crippen LogP contribution in [-0.4, -0.2) is 39.0 Å². The molecule has 3 nitrogen and oxygen atoms in total. The zero-order chi connectivity index (χ0) is 12.0. The van der Waals surface area contributed by atoms with E-state index in [1.165, 1.54) is 6.07 Å². The number of ether oxygens (including phenoxy) is 2. The van der Waals surface area contributed by atoms with E-state index in [-0.39, 0.29) is 12.1 Å². The van der Waals surface area contributed by atoms with Crippen molar-refractivity contribution >= 4 is 0 Å². The highest BCUT2D eigenvalue weighted by Crippen LogP contribution is 2.09. The number of halogens is 1. The molecule has 0 N–H and O–H groups in total. The predicted octanol–water partition coefficient (Wildman–Crippen LogP) is 1.88. The first kappa shape index (κ1) is 13.1. The van der Waals surface area contributed by atoms with Gasteiger partial charge in [0.2, 0.25) is 0 Å². The molecule has 0 unspecified atom stereocenters. The van der Waals surface area contributed by atoms with Crippen LogP contribution in [0.25, 0.3) is 0 Å². The van der Waals surface area contributed by atoms with Gasteiger partial charge in [0.15, 0.2) is 6.29 Å². The summed E-state index contributed by atoms with van der Waals surface area (Å²) >= 11 is 0. The highest BCUT2D eigenvalue weighted by molar-refractivity contribution is 5.16. The summed E-state index contributed by atoms with van der Waals surface area (Å²) < 4.78 is 23.5. The van der Waals surface area contributed by atoms with Crippen LogP contribution in [0.5, 0.6) is 0 Å². The second-order valence-electron chi connectivity index (χ2n) is 3.69. The molecular weight excluding hydrogens is 209 g/mol. The van der Waals surface area contributed by atoms with Gasteiger partial charge in [-0.1, -0.05) is 18.2 Å². The van der Waals surface area contributed by atoms with Crippen molar-refractivity contribution in [1.29, 1.82) is 0 Å². The lowest BCUT2D eigenvalue weighted by atomic mass is 10.2. The van der Waals surface area contributed by atoms with Gasteiger partial charge in [0, 0.05) is 32.9 Å². The second-order valence-corrected chi connectivity index (χ2v) is 3.69. The molecule has 4 heteroatoms. The first-order chi connectivity index (χ1) is 7.67. The van der Waals surface area contributed by atoms with Crippen molar-refractivity contribution in [3.05, 3.63) is 35.6 Å². The summed E-state index contributed by atoms with van der Waals surface area (Å²) in [6.45, 7) is 1.14. The molecule has 0 aliphatic rings. The number of likely N-dealkylation sites (N-methyl/N-ethyl adjacent to an activating group) is 1. The molecule has 0 spiro atoms. The van der Waals surface area contributed by atoms with E-state index in [1.54, 1.807) is 26.4 Å². The molecule has 0 heterocycles. The van der Waals surface area contributed by atoms with Crippen LogP contribution in [0.1, 0.15) is 5.56 Å². The first-order valence-corrected chi connectivity index (χ1v) is 5.15. The molecule has 1 aromatic carbocycles. The van der Waals surface area contributed by atoms with Crippen molar-refractivity contribution in [2.75, 3.05) is 27.8 Å². The number of nitrogens with zero attached hydrogens (tertiary/aromatic N) is 1. The maximum atomic E-state index is 13.4. The van der Waals surface area contributed by atoms with Gasteiger partial charge in [-0.2, -0.15) is 0 Å². The first-order valence-electron chi connectivity index (χ1n) is 5.15. The van der Waals surface area contributed by atoms with Gasteiger partial charge in [-0.15, -0.1) is 0 Å². The Labute approximate surface area is 95.8 Å². The van der Waals surface area contributed by atoms with Crippen molar-refractivity contribution < 1.29 is 13.9 Å². The number of methoxy groups -OCH3 is 2. The molecule has 0 radical (unpaired) electrons. The van der Waals surface area contributed by atoms with Gasteiger partial charge in [0.1, 0.15) is 5.82 Å². The van der Waals surface area contributed by atoms with E-state index < -0.39 is 0 Å². The maximum Gasteiger partial charge on any atom is 0.169 e. The molecule has 0 bridgehead atoms. The summed E-state index contributed by atoms with van der Waals surface area (Å²) in [4.78, 5) is 1.95. The summed E-state index contributed by atoms with van der Waals surface area (Å²) in [5, 5.41) is 0. The molecule has 1 aromatic rings. The minimum Gasteiger partial charge on any atom is -0.355 e. The summed E-state index contributed by atoms with van der Waals surface area (Å²) in [7, 11) is 5.08. The second kappa shape index (κ2) is 6.58. The van der Waals surface area contributed by atoms with Crippen molar-refractivity contribution in [2.24, 2.45) is 0 Å². The normalized spacial score (nSPS) is 11.4. The van der Waals surface area contributed by atoms with Crippen LogP contribution >= 0.6 is 0 Å². The smallest absolute Gasteiger partial charge is 0.169 e. The summed E-state index contributed by atoms with van der Waals surface area (Å²) in [5.41, 5.74) is 0.677. The lowest BCUT2D eigenvalue weighted by Crippen LogP contribution is -2.31. The molecule has 0 aliphatic heterocycles. The number of hydrogen-bond acceptors (Lipinski definition) is 3. The largest absolute Gasteiger partial charge is 0.355 e. The molecule has 0 aliphatic carbocycles. The fourth-order valence-electron chi connectivity index (χ4n) is 1.48.